The fourth-order valence-electron chi connectivity index (χ4n) is 1.93. The maximum absolute atomic E-state index is 11.0. The van der Waals surface area contributed by atoms with Gasteiger partial charge in [0.25, 0.3) is 0 Å². The molecule has 0 atom stereocenters. The van der Waals surface area contributed by atoms with Crippen LogP contribution >= 0.6 is 0 Å². The van der Waals surface area contributed by atoms with E-state index in [0.29, 0.717) is 5.56 Å². The first-order valence-electron chi connectivity index (χ1n) is 6.42. The standard InChI is InChI=1S/C14H21NO2/c1-2-3-4-5-6-7-8-12-11-15-10-9-13(12)14(16)17/h9-11H,2-8H2,1H3,(H,16,17). The van der Waals surface area contributed by atoms with Crippen LogP contribution in [0.15, 0.2) is 18.5 Å². The Labute approximate surface area is 103 Å². The van der Waals surface area contributed by atoms with Gasteiger partial charge in [-0.25, -0.2) is 4.79 Å². The number of carboxylic acids is 1. The number of unbranched alkanes of at least 4 members (excludes halogenated alkanes) is 5. The van der Waals surface area contributed by atoms with Gasteiger partial charge in [-0.2, -0.15) is 0 Å². The summed E-state index contributed by atoms with van der Waals surface area (Å²) >= 11 is 0. The third-order valence-corrected chi connectivity index (χ3v) is 2.93. The van der Waals surface area contributed by atoms with Gasteiger partial charge in [-0.1, -0.05) is 39.0 Å². The quantitative estimate of drug-likeness (QED) is 0.699. The van der Waals surface area contributed by atoms with Crippen molar-refractivity contribution in [3.05, 3.63) is 29.6 Å². The molecule has 3 nitrogen and oxygen atoms in total. The van der Waals surface area contributed by atoms with Crippen LogP contribution in [-0.2, 0) is 6.42 Å². The molecule has 0 fully saturated rings. The summed E-state index contributed by atoms with van der Waals surface area (Å²) in [6, 6.07) is 1.58. The molecule has 1 aromatic heterocycles. The predicted octanol–water partition coefficient (Wildman–Crippen LogP) is 3.68. The van der Waals surface area contributed by atoms with Crippen molar-refractivity contribution in [2.75, 3.05) is 0 Å². The van der Waals surface area contributed by atoms with Gasteiger partial charge in [0.05, 0.1) is 5.56 Å². The highest BCUT2D eigenvalue weighted by Crippen LogP contribution is 2.13. The first-order chi connectivity index (χ1) is 8.25. The van der Waals surface area contributed by atoms with E-state index in [9.17, 15) is 4.79 Å². The minimum atomic E-state index is -0.853. The van der Waals surface area contributed by atoms with E-state index in [4.69, 9.17) is 5.11 Å². The molecule has 0 aliphatic carbocycles. The highest BCUT2D eigenvalue weighted by atomic mass is 16.4. The van der Waals surface area contributed by atoms with Gasteiger partial charge in [-0.15, -0.1) is 0 Å². The van der Waals surface area contributed by atoms with E-state index >= 15 is 0 Å². The van der Waals surface area contributed by atoms with Crippen LogP contribution in [0.5, 0.6) is 0 Å². The molecule has 94 valence electrons. The summed E-state index contributed by atoms with van der Waals surface area (Å²) in [4.78, 5) is 15.0. The van der Waals surface area contributed by atoms with E-state index in [1.54, 1.807) is 12.3 Å². The normalized spacial score (nSPS) is 10.4. The monoisotopic (exact) mass is 235 g/mol. The minimum Gasteiger partial charge on any atom is -0.478 e. The fraction of sp³-hybridized carbons (Fsp3) is 0.571. The van der Waals surface area contributed by atoms with E-state index in [1.165, 1.54) is 38.3 Å². The largest absolute Gasteiger partial charge is 0.478 e. The Hall–Kier alpha value is -1.38. The number of hydrogen-bond acceptors (Lipinski definition) is 2. The van der Waals surface area contributed by atoms with E-state index in [2.05, 4.69) is 11.9 Å². The van der Waals surface area contributed by atoms with Gasteiger partial charge in [0, 0.05) is 12.4 Å². The van der Waals surface area contributed by atoms with Crippen LogP contribution in [0.25, 0.3) is 0 Å². The van der Waals surface area contributed by atoms with Crippen LogP contribution in [0.2, 0.25) is 0 Å². The number of aryl methyl sites for hydroxylation is 1. The van der Waals surface area contributed by atoms with Gasteiger partial charge in [-0.05, 0) is 24.5 Å². The molecule has 0 unspecified atom stereocenters. The molecule has 1 heterocycles. The summed E-state index contributed by atoms with van der Waals surface area (Å²) in [5.41, 5.74) is 1.25. The number of hydrogen-bond donors (Lipinski definition) is 1. The lowest BCUT2D eigenvalue weighted by atomic mass is 10.0. The molecule has 0 aromatic carbocycles. The number of nitrogens with zero attached hydrogens (tertiary/aromatic N) is 1. The Morgan fingerprint density at radius 1 is 1.24 bits per heavy atom. The minimum absolute atomic E-state index is 0.397. The highest BCUT2D eigenvalue weighted by Gasteiger charge is 2.08. The summed E-state index contributed by atoms with van der Waals surface area (Å²) < 4.78 is 0. The van der Waals surface area contributed by atoms with Crippen LogP contribution in [-0.4, -0.2) is 16.1 Å². The number of rotatable bonds is 8. The molecule has 0 aliphatic heterocycles. The molecule has 0 bridgehead atoms. The number of carbonyl (C=O) groups is 1. The predicted molar refractivity (Wildman–Crippen MR) is 68.3 cm³/mol. The lowest BCUT2D eigenvalue weighted by Gasteiger charge is -2.05. The van der Waals surface area contributed by atoms with Crippen molar-refractivity contribution in [2.45, 2.75) is 51.9 Å². The average molecular weight is 235 g/mol. The molecule has 0 amide bonds. The molecule has 0 aliphatic rings. The molecular formula is C14H21NO2. The van der Waals surface area contributed by atoms with Crippen molar-refractivity contribution in [1.82, 2.24) is 4.98 Å². The van der Waals surface area contributed by atoms with Crippen molar-refractivity contribution in [2.24, 2.45) is 0 Å². The first kappa shape index (κ1) is 13.7. The van der Waals surface area contributed by atoms with Gasteiger partial charge < -0.3 is 5.11 Å². The van der Waals surface area contributed by atoms with E-state index in [-0.39, 0.29) is 0 Å². The number of pyridine rings is 1. The Morgan fingerprint density at radius 2 is 1.94 bits per heavy atom. The molecule has 1 aromatic rings. The Morgan fingerprint density at radius 3 is 2.65 bits per heavy atom. The summed E-state index contributed by atoms with van der Waals surface area (Å²) in [5.74, 6) is -0.853. The lowest BCUT2D eigenvalue weighted by molar-refractivity contribution is 0.0695. The molecule has 0 saturated heterocycles. The molecule has 0 radical (unpaired) electrons. The van der Waals surface area contributed by atoms with Gasteiger partial charge >= 0.3 is 5.97 Å². The van der Waals surface area contributed by atoms with Crippen molar-refractivity contribution >= 4 is 5.97 Å². The SMILES string of the molecule is CCCCCCCCc1cnccc1C(=O)O. The van der Waals surface area contributed by atoms with Crippen molar-refractivity contribution < 1.29 is 9.90 Å². The molecule has 3 heteroatoms. The smallest absolute Gasteiger partial charge is 0.336 e. The van der Waals surface area contributed by atoms with Crippen LogP contribution in [0.3, 0.4) is 0 Å². The first-order valence-corrected chi connectivity index (χ1v) is 6.42. The van der Waals surface area contributed by atoms with Gasteiger partial charge in [0.1, 0.15) is 0 Å². The van der Waals surface area contributed by atoms with Crippen LogP contribution < -0.4 is 0 Å². The summed E-state index contributed by atoms with van der Waals surface area (Å²) in [6.45, 7) is 2.20. The molecule has 0 saturated carbocycles. The topological polar surface area (TPSA) is 50.2 Å². The summed E-state index contributed by atoms with van der Waals surface area (Å²) in [5, 5.41) is 9.01. The van der Waals surface area contributed by atoms with Gasteiger partial charge in [0.15, 0.2) is 0 Å². The van der Waals surface area contributed by atoms with Crippen LogP contribution in [0, 0.1) is 0 Å². The Balaban J connectivity index is 2.34. The van der Waals surface area contributed by atoms with E-state index in [1.807, 2.05) is 0 Å². The zero-order valence-electron chi connectivity index (χ0n) is 10.5. The van der Waals surface area contributed by atoms with Gasteiger partial charge in [-0.3, -0.25) is 4.98 Å². The number of aromatic carboxylic acids is 1. The maximum atomic E-state index is 11.0. The molecular weight excluding hydrogens is 214 g/mol. The zero-order chi connectivity index (χ0) is 12.5. The van der Waals surface area contributed by atoms with Crippen LogP contribution in [0.1, 0.15) is 61.4 Å². The maximum Gasteiger partial charge on any atom is 0.336 e. The van der Waals surface area contributed by atoms with E-state index < -0.39 is 5.97 Å². The number of aromatic nitrogens is 1. The van der Waals surface area contributed by atoms with Gasteiger partial charge in [0.2, 0.25) is 0 Å². The summed E-state index contributed by atoms with van der Waals surface area (Å²) in [6.07, 6.45) is 11.3. The Kier molecular flexibility index (Phi) is 6.30. The fourth-order valence-corrected chi connectivity index (χ4v) is 1.93. The zero-order valence-corrected chi connectivity index (χ0v) is 10.5. The van der Waals surface area contributed by atoms with E-state index in [0.717, 1.165) is 18.4 Å². The van der Waals surface area contributed by atoms with Crippen molar-refractivity contribution in [1.29, 1.82) is 0 Å². The highest BCUT2D eigenvalue weighted by molar-refractivity contribution is 5.89. The van der Waals surface area contributed by atoms with Crippen molar-refractivity contribution in [3.8, 4) is 0 Å². The second kappa shape index (κ2) is 7.82. The molecule has 0 spiro atoms. The van der Waals surface area contributed by atoms with Crippen molar-refractivity contribution in [3.63, 3.8) is 0 Å². The second-order valence-corrected chi connectivity index (χ2v) is 4.36. The number of carboxylic acid groups (broad SMARTS) is 1. The molecule has 17 heavy (non-hydrogen) atoms. The average Bonchev–Trinajstić information content (AvgIpc) is 2.34. The second-order valence-electron chi connectivity index (χ2n) is 4.36. The molecule has 1 N–H and O–H groups in total. The van der Waals surface area contributed by atoms with Crippen LogP contribution in [0.4, 0.5) is 0 Å². The summed E-state index contributed by atoms with van der Waals surface area (Å²) in [7, 11) is 0. The lowest BCUT2D eigenvalue weighted by Crippen LogP contribution is -2.03. The Bertz CT molecular complexity index is 350. The third-order valence-electron chi connectivity index (χ3n) is 2.93. The molecule has 1 rings (SSSR count). The third kappa shape index (κ3) is 4.98.